The molecule has 6 rings (SSSR count). The van der Waals surface area contributed by atoms with Gasteiger partial charge in [0.15, 0.2) is 0 Å². The van der Waals surface area contributed by atoms with Crippen molar-refractivity contribution in [1.29, 1.82) is 0 Å². The Morgan fingerprint density at radius 3 is 1.67 bits per heavy atom. The number of carbonyl (C=O) groups excluding carboxylic acids is 1. The maximum atomic E-state index is 11.4. The molecule has 0 radical (unpaired) electrons. The fourth-order valence-electron chi connectivity index (χ4n) is 9.38. The fraction of sp³-hybridized carbons (Fsp3) is 0.680. The van der Waals surface area contributed by atoms with Crippen molar-refractivity contribution in [2.75, 3.05) is 45.9 Å². The molecule has 1 N–H and O–H groups in total. The number of benzene rings is 2. The van der Waals surface area contributed by atoms with Crippen molar-refractivity contribution >= 4 is 17.5 Å². The fourth-order valence-corrected chi connectivity index (χ4v) is 9.38. The standard InChI is InChI=1S/C26H39NO3.C24H37NO3/c1-3-21-8-12-24(13-9-21)30-25-14-10-22(11-15-25)23-16-19-27(20-17-23)18-6-5-7-26(28)29-4-2;1-2-19-6-10-22(11-7-19)28-23-12-8-20(9-13-23)21-14-17-25(18-15-21)16-4-3-5-24(26)27/h10-11,14-16,21,24H,3-9,12-13,17-20H2,1-2H3;8-9,12-13,19,21-22H,2-7,10-11,14-18H2,1H3,(H,26,27). The van der Waals surface area contributed by atoms with Crippen LogP contribution in [-0.2, 0) is 14.3 Å². The summed E-state index contributed by atoms with van der Waals surface area (Å²) in [7, 11) is 0. The molecule has 2 saturated carbocycles. The highest BCUT2D eigenvalue weighted by Gasteiger charge is 2.24. The van der Waals surface area contributed by atoms with Crippen LogP contribution in [0.5, 0.6) is 11.5 Å². The van der Waals surface area contributed by atoms with Gasteiger partial charge in [-0.2, -0.15) is 0 Å². The van der Waals surface area contributed by atoms with Gasteiger partial charge >= 0.3 is 11.9 Å². The van der Waals surface area contributed by atoms with Gasteiger partial charge in [0.25, 0.3) is 0 Å². The van der Waals surface area contributed by atoms with Crippen molar-refractivity contribution in [2.24, 2.45) is 11.8 Å². The van der Waals surface area contributed by atoms with E-state index in [1.54, 1.807) is 0 Å². The van der Waals surface area contributed by atoms with Gasteiger partial charge in [0.2, 0.25) is 0 Å². The molecule has 8 nitrogen and oxygen atoms in total. The molecule has 0 amide bonds. The number of ether oxygens (including phenoxy) is 3. The lowest BCUT2D eigenvalue weighted by molar-refractivity contribution is -0.143. The first-order chi connectivity index (χ1) is 28.3. The van der Waals surface area contributed by atoms with Crippen LogP contribution in [0.25, 0.3) is 5.57 Å². The predicted molar refractivity (Wildman–Crippen MR) is 236 cm³/mol. The van der Waals surface area contributed by atoms with Crippen molar-refractivity contribution in [3.63, 3.8) is 0 Å². The predicted octanol–water partition coefficient (Wildman–Crippen LogP) is 11.3. The van der Waals surface area contributed by atoms with E-state index in [2.05, 4.69) is 78.3 Å². The van der Waals surface area contributed by atoms with E-state index < -0.39 is 5.97 Å². The molecule has 2 heterocycles. The third kappa shape index (κ3) is 16.0. The summed E-state index contributed by atoms with van der Waals surface area (Å²) in [5.41, 5.74) is 4.19. The van der Waals surface area contributed by atoms with Gasteiger partial charge in [0.1, 0.15) is 11.5 Å². The second-order valence-corrected chi connectivity index (χ2v) is 17.4. The Balaban J connectivity index is 0.000000221. The van der Waals surface area contributed by atoms with E-state index in [0.29, 0.717) is 37.6 Å². The molecule has 2 aliphatic heterocycles. The van der Waals surface area contributed by atoms with Crippen LogP contribution in [0.4, 0.5) is 0 Å². The number of esters is 1. The highest BCUT2D eigenvalue weighted by atomic mass is 16.5. The topological polar surface area (TPSA) is 88.5 Å². The average Bonchev–Trinajstić information content (AvgIpc) is 3.26. The summed E-state index contributed by atoms with van der Waals surface area (Å²) in [6, 6.07) is 17.6. The number of nitrogens with zero attached hydrogens (tertiary/aromatic N) is 2. The number of carbonyl (C=O) groups is 2. The zero-order valence-corrected chi connectivity index (χ0v) is 36.4. The number of aliphatic carboxylic acids is 1. The molecule has 0 bridgehead atoms. The Kier molecular flexibility index (Phi) is 19.9. The van der Waals surface area contributed by atoms with E-state index in [4.69, 9.17) is 19.3 Å². The van der Waals surface area contributed by atoms with Crippen LogP contribution in [0.1, 0.15) is 160 Å². The number of hydrogen-bond donors (Lipinski definition) is 1. The summed E-state index contributed by atoms with van der Waals surface area (Å²) in [6.45, 7) is 13.3. The molecule has 0 unspecified atom stereocenters. The van der Waals surface area contributed by atoms with Crippen molar-refractivity contribution in [3.8, 4) is 11.5 Å². The van der Waals surface area contributed by atoms with Crippen LogP contribution in [0.2, 0.25) is 0 Å². The van der Waals surface area contributed by atoms with E-state index in [1.807, 2.05) is 6.92 Å². The SMILES string of the molecule is CCC1CCC(Oc2ccc(C3CCN(CCCCC(=O)O)CC3)cc2)CC1.CCOC(=O)CCCCN1CC=C(c2ccc(OC3CCC(CC)CC3)cc2)CC1. The third-order valence-electron chi connectivity index (χ3n) is 13.3. The highest BCUT2D eigenvalue weighted by Crippen LogP contribution is 2.33. The van der Waals surface area contributed by atoms with Crippen LogP contribution in [0.15, 0.2) is 54.6 Å². The smallest absolute Gasteiger partial charge is 0.305 e. The van der Waals surface area contributed by atoms with Gasteiger partial charge < -0.3 is 24.2 Å². The summed E-state index contributed by atoms with van der Waals surface area (Å²) in [6.07, 6.45) is 23.9. The average molecular weight is 801 g/mol. The molecule has 0 atom stereocenters. The van der Waals surface area contributed by atoms with Crippen molar-refractivity contribution in [3.05, 3.63) is 65.7 Å². The lowest BCUT2D eigenvalue weighted by Gasteiger charge is -2.32. The monoisotopic (exact) mass is 801 g/mol. The number of likely N-dealkylation sites (tertiary alicyclic amines) is 1. The molecule has 58 heavy (non-hydrogen) atoms. The van der Waals surface area contributed by atoms with Gasteiger partial charge in [-0.1, -0.05) is 57.0 Å². The molecular formula is C50H76N2O6. The van der Waals surface area contributed by atoms with Gasteiger partial charge in [-0.3, -0.25) is 14.5 Å². The van der Waals surface area contributed by atoms with Gasteiger partial charge in [0, 0.05) is 25.9 Å². The van der Waals surface area contributed by atoms with E-state index in [-0.39, 0.29) is 5.97 Å². The minimum Gasteiger partial charge on any atom is -0.490 e. The van der Waals surface area contributed by atoms with Crippen LogP contribution in [0, 0.1) is 11.8 Å². The number of carboxylic acids is 1. The number of carboxylic acid groups (broad SMARTS) is 1. The van der Waals surface area contributed by atoms with Crippen LogP contribution >= 0.6 is 0 Å². The number of unbranched alkanes of at least 4 members (excludes halogenated alkanes) is 2. The summed E-state index contributed by atoms with van der Waals surface area (Å²) in [5.74, 6) is 3.74. The van der Waals surface area contributed by atoms with E-state index >= 15 is 0 Å². The molecule has 8 heteroatoms. The maximum Gasteiger partial charge on any atom is 0.305 e. The van der Waals surface area contributed by atoms with Crippen molar-refractivity contribution in [2.45, 2.75) is 161 Å². The molecule has 2 aliphatic carbocycles. The highest BCUT2D eigenvalue weighted by molar-refractivity contribution is 5.69. The Bertz CT molecular complexity index is 1480. The number of hydrogen-bond acceptors (Lipinski definition) is 7. The van der Waals surface area contributed by atoms with Gasteiger partial charge in [-0.25, -0.2) is 0 Å². The van der Waals surface area contributed by atoms with Crippen molar-refractivity contribution < 1.29 is 28.9 Å². The minimum absolute atomic E-state index is 0.0700. The lowest BCUT2D eigenvalue weighted by Crippen LogP contribution is -2.33. The molecule has 0 spiro atoms. The van der Waals surface area contributed by atoms with Crippen molar-refractivity contribution in [1.82, 2.24) is 9.80 Å². The van der Waals surface area contributed by atoms with Crippen LogP contribution in [-0.4, -0.2) is 84.9 Å². The molecule has 2 aromatic carbocycles. The summed E-state index contributed by atoms with van der Waals surface area (Å²) in [5, 5.41) is 8.72. The molecule has 322 valence electrons. The second-order valence-electron chi connectivity index (χ2n) is 17.4. The first kappa shape index (κ1) is 45.7. The van der Waals surface area contributed by atoms with Gasteiger partial charge in [-0.15, -0.1) is 0 Å². The van der Waals surface area contributed by atoms with Crippen LogP contribution < -0.4 is 9.47 Å². The van der Waals surface area contributed by atoms with E-state index in [1.165, 1.54) is 93.7 Å². The molecule has 1 saturated heterocycles. The first-order valence-electron chi connectivity index (χ1n) is 23.4. The molecular weight excluding hydrogens is 725 g/mol. The molecule has 0 aromatic heterocycles. The number of piperidine rings is 1. The van der Waals surface area contributed by atoms with Gasteiger partial charge in [0.05, 0.1) is 18.8 Å². The summed E-state index contributed by atoms with van der Waals surface area (Å²) >= 11 is 0. The Hall–Kier alpha value is -3.36. The van der Waals surface area contributed by atoms with Crippen LogP contribution in [0.3, 0.4) is 0 Å². The van der Waals surface area contributed by atoms with E-state index in [0.717, 1.165) is 94.7 Å². The lowest BCUT2D eigenvalue weighted by atomic mass is 9.86. The maximum absolute atomic E-state index is 11.4. The molecule has 4 aliphatic rings. The van der Waals surface area contributed by atoms with E-state index in [9.17, 15) is 9.59 Å². The first-order valence-corrected chi connectivity index (χ1v) is 23.4. The summed E-state index contributed by atoms with van der Waals surface area (Å²) in [4.78, 5) is 26.9. The minimum atomic E-state index is -0.681. The largest absolute Gasteiger partial charge is 0.490 e. The quantitative estimate of drug-likeness (QED) is 0.111. The Morgan fingerprint density at radius 2 is 1.17 bits per heavy atom. The Labute approximate surface area is 351 Å². The molecule has 3 fully saturated rings. The van der Waals surface area contributed by atoms with Gasteiger partial charge in [-0.05, 0) is 188 Å². The normalized spacial score (nSPS) is 23.3. The Morgan fingerprint density at radius 1 is 0.638 bits per heavy atom. The summed E-state index contributed by atoms with van der Waals surface area (Å²) < 4.78 is 17.4. The number of rotatable bonds is 19. The third-order valence-corrected chi connectivity index (χ3v) is 13.3. The zero-order valence-electron chi connectivity index (χ0n) is 36.4. The molecule has 2 aromatic rings. The second kappa shape index (κ2) is 25.3. The zero-order chi connectivity index (χ0) is 41.0.